The number of amides is 3. The average Bonchev–Trinajstić information content (AvgIpc) is 3.47. The summed E-state index contributed by atoms with van der Waals surface area (Å²) in [6.07, 6.45) is 0. The van der Waals surface area contributed by atoms with Gasteiger partial charge in [-0.1, -0.05) is 40.9 Å². The third kappa shape index (κ3) is 5.48. The van der Waals surface area contributed by atoms with E-state index in [1.54, 1.807) is 66.0 Å². The molecule has 4 aromatic rings. The molecule has 196 valence electrons. The van der Waals surface area contributed by atoms with Crippen LogP contribution in [0.4, 0.5) is 16.5 Å². The van der Waals surface area contributed by atoms with Crippen LogP contribution in [0, 0.1) is 0 Å². The number of rotatable bonds is 7. The molecule has 8 nitrogen and oxygen atoms in total. The summed E-state index contributed by atoms with van der Waals surface area (Å²) < 4.78 is 5.12. The fourth-order valence-corrected chi connectivity index (χ4v) is 5.20. The third-order valence-corrected chi connectivity index (χ3v) is 7.34. The first-order valence-corrected chi connectivity index (χ1v) is 13.3. The van der Waals surface area contributed by atoms with Crippen molar-refractivity contribution in [3.05, 3.63) is 98.4 Å². The predicted octanol–water partition coefficient (Wildman–Crippen LogP) is 6.81. The van der Waals surface area contributed by atoms with E-state index in [0.717, 1.165) is 4.90 Å². The number of halogens is 3. The van der Waals surface area contributed by atoms with Crippen LogP contribution in [0.25, 0.3) is 11.3 Å². The number of aromatic nitrogens is 1. The molecule has 0 aliphatic carbocycles. The van der Waals surface area contributed by atoms with Gasteiger partial charge in [0.15, 0.2) is 5.13 Å². The molecular weight excluding hydrogens is 583 g/mol. The SMILES string of the molecule is COc1ccc(N2C(=O)C(Cl)=C(Nc3cccc(C(=O)Nc4nc(-c5ccc(Cl)cc5Cl)cs4)c3)C2=O)cc1. The molecule has 1 aromatic heterocycles. The highest BCUT2D eigenvalue weighted by molar-refractivity contribution is 7.14. The van der Waals surface area contributed by atoms with Crippen molar-refractivity contribution in [2.75, 3.05) is 22.6 Å². The Morgan fingerprint density at radius 2 is 1.74 bits per heavy atom. The van der Waals surface area contributed by atoms with Gasteiger partial charge in [0, 0.05) is 27.2 Å². The van der Waals surface area contributed by atoms with E-state index in [4.69, 9.17) is 39.5 Å². The lowest BCUT2D eigenvalue weighted by Gasteiger charge is -2.15. The monoisotopic (exact) mass is 598 g/mol. The Labute approximate surface area is 241 Å². The number of imide groups is 1. The second-order valence-corrected chi connectivity index (χ2v) is 10.2. The third-order valence-electron chi connectivity index (χ3n) is 5.68. The number of benzene rings is 3. The van der Waals surface area contributed by atoms with Crippen LogP contribution in [0.3, 0.4) is 0 Å². The molecule has 3 aromatic carbocycles. The number of nitrogens with one attached hydrogen (secondary N) is 2. The van der Waals surface area contributed by atoms with E-state index in [-0.39, 0.29) is 10.7 Å². The molecule has 0 saturated carbocycles. The second kappa shape index (κ2) is 11.1. The summed E-state index contributed by atoms with van der Waals surface area (Å²) in [6, 6.07) is 17.9. The number of carbonyl (C=O) groups is 3. The van der Waals surface area contributed by atoms with Crippen molar-refractivity contribution in [3.63, 3.8) is 0 Å². The van der Waals surface area contributed by atoms with Crippen LogP contribution >= 0.6 is 46.1 Å². The Morgan fingerprint density at radius 3 is 2.46 bits per heavy atom. The summed E-state index contributed by atoms with van der Waals surface area (Å²) in [7, 11) is 1.52. The van der Waals surface area contributed by atoms with Crippen LogP contribution in [0.5, 0.6) is 5.75 Å². The van der Waals surface area contributed by atoms with E-state index in [1.165, 1.54) is 24.5 Å². The number of nitrogens with zero attached hydrogens (tertiary/aromatic N) is 2. The molecule has 5 rings (SSSR count). The summed E-state index contributed by atoms with van der Waals surface area (Å²) in [5.74, 6) is -1.13. The molecule has 39 heavy (non-hydrogen) atoms. The van der Waals surface area contributed by atoms with Gasteiger partial charge in [-0.25, -0.2) is 9.88 Å². The van der Waals surface area contributed by atoms with Crippen LogP contribution in [0.1, 0.15) is 10.4 Å². The van der Waals surface area contributed by atoms with Crippen molar-refractivity contribution in [2.24, 2.45) is 0 Å². The molecule has 3 amide bonds. The Kier molecular flexibility index (Phi) is 7.58. The zero-order chi connectivity index (χ0) is 27.7. The Balaban J connectivity index is 1.30. The molecule has 0 saturated heterocycles. The standard InChI is InChI=1S/C27H17Cl3N4O4S/c1-38-18-8-6-17(7-9-18)34-25(36)22(30)23(26(34)37)31-16-4-2-3-14(11-16)24(35)33-27-32-21(13-39-27)19-10-5-15(28)12-20(19)29/h2-13,31H,1H3,(H,32,33,35). The zero-order valence-electron chi connectivity index (χ0n) is 20.0. The van der Waals surface area contributed by atoms with Gasteiger partial charge in [0.1, 0.15) is 16.5 Å². The fourth-order valence-electron chi connectivity index (χ4n) is 3.78. The summed E-state index contributed by atoms with van der Waals surface area (Å²) in [5.41, 5.74) is 2.22. The van der Waals surface area contributed by atoms with Gasteiger partial charge in [-0.2, -0.15) is 0 Å². The first kappa shape index (κ1) is 26.7. The molecule has 0 fully saturated rings. The molecule has 2 heterocycles. The van der Waals surface area contributed by atoms with Crippen LogP contribution in [0.15, 0.2) is 82.8 Å². The predicted molar refractivity (Wildman–Crippen MR) is 154 cm³/mol. The lowest BCUT2D eigenvalue weighted by molar-refractivity contribution is -0.120. The maximum absolute atomic E-state index is 13.1. The van der Waals surface area contributed by atoms with Gasteiger partial charge < -0.3 is 10.1 Å². The number of anilines is 3. The quantitative estimate of drug-likeness (QED) is 0.226. The van der Waals surface area contributed by atoms with Crippen molar-refractivity contribution in [2.45, 2.75) is 0 Å². The summed E-state index contributed by atoms with van der Waals surface area (Å²) in [5, 5.41) is 8.48. The molecular formula is C27H17Cl3N4O4S. The van der Waals surface area contributed by atoms with Crippen LogP contribution in [-0.4, -0.2) is 29.8 Å². The van der Waals surface area contributed by atoms with Crippen molar-refractivity contribution in [1.82, 2.24) is 4.98 Å². The van der Waals surface area contributed by atoms with E-state index >= 15 is 0 Å². The largest absolute Gasteiger partial charge is 0.497 e. The highest BCUT2D eigenvalue weighted by Gasteiger charge is 2.39. The van der Waals surface area contributed by atoms with Crippen molar-refractivity contribution in [3.8, 4) is 17.0 Å². The minimum atomic E-state index is -0.663. The first-order valence-electron chi connectivity index (χ1n) is 11.3. The number of methoxy groups -OCH3 is 1. The minimum Gasteiger partial charge on any atom is -0.497 e. The van der Waals surface area contributed by atoms with E-state index < -0.39 is 17.7 Å². The number of carbonyl (C=O) groups excluding carboxylic acids is 3. The molecule has 12 heteroatoms. The first-order chi connectivity index (χ1) is 18.7. The molecule has 0 radical (unpaired) electrons. The Hall–Kier alpha value is -3.89. The molecule has 1 aliphatic heterocycles. The molecule has 0 atom stereocenters. The van der Waals surface area contributed by atoms with E-state index in [9.17, 15) is 14.4 Å². The van der Waals surface area contributed by atoms with Gasteiger partial charge in [0.05, 0.1) is 23.5 Å². The smallest absolute Gasteiger partial charge is 0.283 e. The highest BCUT2D eigenvalue weighted by Crippen LogP contribution is 2.33. The zero-order valence-corrected chi connectivity index (χ0v) is 23.1. The van der Waals surface area contributed by atoms with Crippen molar-refractivity contribution >= 4 is 80.4 Å². The number of hydrogen-bond acceptors (Lipinski definition) is 7. The fraction of sp³-hybridized carbons (Fsp3) is 0.0370. The summed E-state index contributed by atoms with van der Waals surface area (Å²) in [6.45, 7) is 0. The lowest BCUT2D eigenvalue weighted by atomic mass is 10.2. The molecule has 0 bridgehead atoms. The Morgan fingerprint density at radius 1 is 0.974 bits per heavy atom. The molecule has 0 spiro atoms. The topological polar surface area (TPSA) is 101 Å². The van der Waals surface area contributed by atoms with Gasteiger partial charge in [-0.3, -0.25) is 19.7 Å². The van der Waals surface area contributed by atoms with E-state index in [0.29, 0.717) is 49.1 Å². The van der Waals surface area contributed by atoms with Gasteiger partial charge in [0.2, 0.25) is 0 Å². The molecule has 2 N–H and O–H groups in total. The summed E-state index contributed by atoms with van der Waals surface area (Å²) >= 11 is 19.7. The Bertz CT molecular complexity index is 1650. The number of hydrogen-bond donors (Lipinski definition) is 2. The number of thiazole rings is 1. The van der Waals surface area contributed by atoms with Crippen LogP contribution in [-0.2, 0) is 9.59 Å². The second-order valence-electron chi connectivity index (χ2n) is 8.15. The van der Waals surface area contributed by atoms with Crippen molar-refractivity contribution < 1.29 is 19.1 Å². The maximum atomic E-state index is 13.1. The van der Waals surface area contributed by atoms with Crippen LogP contribution in [0.2, 0.25) is 10.0 Å². The highest BCUT2D eigenvalue weighted by atomic mass is 35.5. The molecule has 1 aliphatic rings. The van der Waals surface area contributed by atoms with Gasteiger partial charge >= 0.3 is 0 Å². The van der Waals surface area contributed by atoms with Gasteiger partial charge in [-0.15, -0.1) is 11.3 Å². The minimum absolute atomic E-state index is 0.0977. The normalized spacial score (nSPS) is 13.2. The van der Waals surface area contributed by atoms with Gasteiger partial charge in [0.25, 0.3) is 17.7 Å². The molecule has 0 unspecified atom stereocenters. The average molecular weight is 600 g/mol. The van der Waals surface area contributed by atoms with E-state index in [2.05, 4.69) is 15.6 Å². The summed E-state index contributed by atoms with van der Waals surface area (Å²) in [4.78, 5) is 44.2. The van der Waals surface area contributed by atoms with Crippen LogP contribution < -0.4 is 20.3 Å². The maximum Gasteiger partial charge on any atom is 0.283 e. The number of ether oxygens (including phenoxy) is 1. The van der Waals surface area contributed by atoms with Gasteiger partial charge in [-0.05, 0) is 60.7 Å². The lowest BCUT2D eigenvalue weighted by Crippen LogP contribution is -2.32. The van der Waals surface area contributed by atoms with E-state index in [1.807, 2.05) is 0 Å². The van der Waals surface area contributed by atoms with Crippen molar-refractivity contribution in [1.29, 1.82) is 0 Å².